The summed E-state index contributed by atoms with van der Waals surface area (Å²) < 4.78 is 59.8. The van der Waals surface area contributed by atoms with Gasteiger partial charge in [0.15, 0.2) is 0 Å². The molecule has 0 aliphatic heterocycles. The average molecular weight is 1830 g/mol. The van der Waals surface area contributed by atoms with Gasteiger partial charge in [-0.15, -0.1) is 0 Å². The largest absolute Gasteiger partial charge is 0.494 e. The van der Waals surface area contributed by atoms with Gasteiger partial charge in [-0.25, -0.2) is 0 Å². The molecule has 0 amide bonds. The van der Waals surface area contributed by atoms with Crippen molar-refractivity contribution >= 4 is 0 Å². The molecule has 0 unspecified atom stereocenters. The van der Waals surface area contributed by atoms with E-state index in [1.165, 1.54) is 284 Å². The fourth-order valence-corrected chi connectivity index (χ4v) is 18.3. The van der Waals surface area contributed by atoms with E-state index < -0.39 is 0 Å². The van der Waals surface area contributed by atoms with Crippen molar-refractivity contribution in [2.45, 2.75) is 389 Å². The number of benzene rings is 10. The predicted octanol–water partition coefficient (Wildman–Crippen LogP) is 38.0. The van der Waals surface area contributed by atoms with Gasteiger partial charge in [0.25, 0.3) is 0 Å². The Hall–Kier alpha value is -9.12. The first-order valence-corrected chi connectivity index (χ1v) is 54.4. The van der Waals surface area contributed by atoms with Crippen molar-refractivity contribution in [2.24, 2.45) is 0 Å². The van der Waals surface area contributed by atoms with Crippen molar-refractivity contribution in [1.82, 2.24) is 0 Å². The smallest absolute Gasteiger partial charge is 0.124 e. The van der Waals surface area contributed by atoms with Gasteiger partial charge in [-0.05, 0) is 195 Å². The summed E-state index contributed by atoms with van der Waals surface area (Å²) in [4.78, 5) is 0. The van der Waals surface area contributed by atoms with Crippen LogP contribution in [-0.2, 0) is 53.9 Å². The Balaban J connectivity index is 0.878. The molecule has 10 rings (SSSR count). The number of unbranched alkanes of at least 4 members (excludes halogenated alkanes) is 42. The number of ether oxygens (including phenoxy) is 9. The lowest BCUT2D eigenvalue weighted by atomic mass is 9.99. The Labute approximate surface area is 819 Å². The molecule has 0 heterocycles. The van der Waals surface area contributed by atoms with E-state index in [1.54, 1.807) is 0 Å². The second-order valence-electron chi connectivity index (χ2n) is 38.3. The zero-order chi connectivity index (χ0) is 94.1. The van der Waals surface area contributed by atoms with Gasteiger partial charge in [0.05, 0.1) is 79.3 Å². The fourth-order valence-electron chi connectivity index (χ4n) is 18.3. The van der Waals surface area contributed by atoms with E-state index in [1.807, 2.05) is 0 Å². The van der Waals surface area contributed by atoms with Crippen molar-refractivity contribution in [3.63, 3.8) is 0 Å². The number of rotatable bonds is 78. The highest BCUT2D eigenvalue weighted by Gasteiger charge is 2.17. The summed E-state index contributed by atoms with van der Waals surface area (Å²) in [6.45, 7) is 20.2. The van der Waals surface area contributed by atoms with Crippen molar-refractivity contribution in [3.8, 4) is 101 Å². The summed E-state index contributed by atoms with van der Waals surface area (Å²) in [6, 6.07) is 79.4. The molecule has 0 fully saturated rings. The van der Waals surface area contributed by atoms with E-state index in [4.69, 9.17) is 42.6 Å². The van der Waals surface area contributed by atoms with Gasteiger partial charge in [0.2, 0.25) is 0 Å². The van der Waals surface area contributed by atoms with Crippen LogP contribution >= 0.6 is 0 Å². The maximum absolute atomic E-state index is 6.97. The first-order chi connectivity index (χ1) is 66.8. The van der Waals surface area contributed by atoms with Gasteiger partial charge in [0, 0.05) is 16.7 Å². The van der Waals surface area contributed by atoms with E-state index in [2.05, 4.69) is 260 Å². The van der Waals surface area contributed by atoms with Crippen LogP contribution in [0.2, 0.25) is 0 Å². The zero-order valence-electron chi connectivity index (χ0n) is 84.9. The van der Waals surface area contributed by atoms with Gasteiger partial charge < -0.3 is 42.6 Å². The first kappa shape index (κ1) is 108. The highest BCUT2D eigenvalue weighted by Crippen LogP contribution is 2.37. The molecular weight excluding hydrogens is 1660 g/mol. The van der Waals surface area contributed by atoms with Crippen LogP contribution < -0.4 is 28.4 Å². The van der Waals surface area contributed by atoms with Gasteiger partial charge in [-0.3, -0.25) is 0 Å². The highest BCUT2D eigenvalue weighted by molar-refractivity contribution is 5.75. The Morgan fingerprint density at radius 1 is 0.141 bits per heavy atom. The van der Waals surface area contributed by atoms with E-state index in [0.717, 1.165) is 179 Å². The lowest BCUT2D eigenvalue weighted by Crippen LogP contribution is -2.05. The predicted molar refractivity (Wildman–Crippen MR) is 572 cm³/mol. The average Bonchev–Trinajstić information content (AvgIpc) is 0.824. The maximum Gasteiger partial charge on any atom is 0.124 e. The summed E-state index contributed by atoms with van der Waals surface area (Å²) in [5, 5.41) is 0. The summed E-state index contributed by atoms with van der Waals surface area (Å²) in [5.41, 5.74) is 20.0. The van der Waals surface area contributed by atoms with E-state index in [-0.39, 0.29) is 0 Å². The molecule has 0 aromatic heterocycles. The quantitative estimate of drug-likeness (QED) is 0.0346. The van der Waals surface area contributed by atoms with Crippen molar-refractivity contribution < 1.29 is 42.6 Å². The molecule has 0 aliphatic carbocycles. The molecule has 10 aromatic rings. The molecule has 0 radical (unpaired) electrons. The third kappa shape index (κ3) is 42.8. The molecular formula is C126H174O9. The second-order valence-corrected chi connectivity index (χ2v) is 38.3. The summed E-state index contributed by atoms with van der Waals surface area (Å²) in [5.74, 6) is 5.41. The summed E-state index contributed by atoms with van der Waals surface area (Å²) in [6.07, 6.45) is 60.7. The SMILES string of the molecule is CCCCCCCCCCOc1ccc(-c2ccc(-c3ccc(OCCCCCCCCCC)c(COCc4cc(COCc5cc(-c6ccc(-c7ccc(OCCCCCCCCCC)cc7)cc6)ccc5OCCCCCCCCCC)cc(COCc5cc(-c6ccc(-c7ccc(OCCCCCCCCCC)cc7)cc6)ccc5OCCCCCCCCCC)c4)c3)cc2)cc1. The molecule has 135 heavy (non-hydrogen) atoms. The Bertz CT molecular complexity index is 4200. The van der Waals surface area contributed by atoms with Crippen LogP contribution in [0.5, 0.6) is 34.5 Å². The monoisotopic (exact) mass is 1830 g/mol. The molecule has 0 saturated carbocycles. The normalized spacial score (nSPS) is 11.4. The number of hydrogen-bond acceptors (Lipinski definition) is 9. The molecule has 0 spiro atoms. The third-order valence-electron chi connectivity index (χ3n) is 26.7. The van der Waals surface area contributed by atoms with Crippen LogP contribution in [-0.4, -0.2) is 39.6 Å². The van der Waals surface area contributed by atoms with Crippen LogP contribution in [0.3, 0.4) is 0 Å². The van der Waals surface area contributed by atoms with Crippen molar-refractivity contribution in [2.75, 3.05) is 39.6 Å². The van der Waals surface area contributed by atoms with E-state index in [0.29, 0.717) is 59.5 Å². The molecule has 10 aromatic carbocycles. The molecule has 0 saturated heterocycles. The van der Waals surface area contributed by atoms with E-state index >= 15 is 0 Å². The molecule has 732 valence electrons. The van der Waals surface area contributed by atoms with Crippen LogP contribution in [0.4, 0.5) is 0 Å². The Morgan fingerprint density at radius 2 is 0.296 bits per heavy atom. The van der Waals surface area contributed by atoms with Crippen LogP contribution in [0.15, 0.2) is 218 Å². The Morgan fingerprint density at radius 3 is 0.489 bits per heavy atom. The zero-order valence-corrected chi connectivity index (χ0v) is 84.9. The fraction of sp³-hybridized carbons (Fsp3) is 0.524. The van der Waals surface area contributed by atoms with Gasteiger partial charge >= 0.3 is 0 Å². The minimum atomic E-state index is 0.365. The van der Waals surface area contributed by atoms with Gasteiger partial charge in [-0.2, -0.15) is 0 Å². The number of hydrogen-bond donors (Lipinski definition) is 0. The lowest BCUT2D eigenvalue weighted by molar-refractivity contribution is 0.0970. The van der Waals surface area contributed by atoms with Gasteiger partial charge in [-0.1, -0.05) is 457 Å². The first-order valence-electron chi connectivity index (χ1n) is 54.4. The van der Waals surface area contributed by atoms with Crippen molar-refractivity contribution in [3.05, 3.63) is 252 Å². The summed E-state index contributed by atoms with van der Waals surface area (Å²) >= 11 is 0. The molecule has 0 atom stereocenters. The van der Waals surface area contributed by atoms with Crippen molar-refractivity contribution in [1.29, 1.82) is 0 Å². The minimum absolute atomic E-state index is 0.365. The standard InChI is InChI=1S/C126H174O9/c1-7-13-19-25-31-37-43-49-85-130-121-76-67-109(68-77-121)106-55-61-112(62-56-106)115-73-82-124(133-88-52-46-40-34-28-22-16-10-4)118(94-115)100-127-97-103-91-104(98-128-101-119-95-116(74-83-125(119)134-89-53-47-41-35-29-23-17-11-5)113-63-57-107(58-64-113)110-69-78-122(79-70-110)131-86-50-44-38-32-26-20-14-8-2)93-105(92-103)99-129-102-120-96-117(75-84-126(120)135-90-54-48-42-36-30-24-18-12-6)114-65-59-108(60-66-114)111-71-80-123(81-72-111)132-87-51-45-39-33-27-21-15-9-3/h55-84,91-96H,7-54,85-90,97-102H2,1-6H3. The topological polar surface area (TPSA) is 83.1 Å². The lowest BCUT2D eigenvalue weighted by Gasteiger charge is -2.17. The van der Waals surface area contributed by atoms with Crippen LogP contribution in [0.25, 0.3) is 66.8 Å². The van der Waals surface area contributed by atoms with E-state index in [9.17, 15) is 0 Å². The maximum atomic E-state index is 6.97. The highest BCUT2D eigenvalue weighted by atomic mass is 16.5. The molecule has 9 heteroatoms. The molecule has 0 aliphatic rings. The third-order valence-corrected chi connectivity index (χ3v) is 26.7. The minimum Gasteiger partial charge on any atom is -0.494 e. The molecule has 0 bridgehead atoms. The second kappa shape index (κ2) is 68.0. The Kier molecular flexibility index (Phi) is 54.4. The molecule has 0 N–H and O–H groups in total. The summed E-state index contributed by atoms with van der Waals surface area (Å²) in [7, 11) is 0. The van der Waals surface area contributed by atoms with Gasteiger partial charge in [0.1, 0.15) is 34.5 Å². The molecule has 9 nitrogen and oxygen atoms in total. The van der Waals surface area contributed by atoms with Crippen LogP contribution in [0.1, 0.15) is 383 Å². The van der Waals surface area contributed by atoms with Crippen LogP contribution in [0, 0.1) is 0 Å².